The van der Waals surface area contributed by atoms with Crippen molar-refractivity contribution in [2.75, 3.05) is 6.61 Å². The topological polar surface area (TPSA) is 44.5 Å². The third-order valence-corrected chi connectivity index (χ3v) is 4.32. The Morgan fingerprint density at radius 1 is 1.37 bits per heavy atom. The Kier molecular flexibility index (Phi) is 3.04. The molecular weight excluding hydrogens is 262 g/mol. The summed E-state index contributed by atoms with van der Waals surface area (Å²) >= 11 is 6.03. The van der Waals surface area contributed by atoms with Crippen molar-refractivity contribution < 1.29 is 9.47 Å². The number of halogens is 1. The van der Waals surface area contributed by atoms with E-state index < -0.39 is 0 Å². The Labute approximate surface area is 119 Å². The Bertz CT molecular complexity index is 503. The lowest BCUT2D eigenvalue weighted by atomic mass is 9.77. The van der Waals surface area contributed by atoms with E-state index in [1.54, 1.807) is 0 Å². The summed E-state index contributed by atoms with van der Waals surface area (Å²) in [5.41, 5.74) is 7.00. The van der Waals surface area contributed by atoms with E-state index in [9.17, 15) is 0 Å². The van der Waals surface area contributed by atoms with Crippen LogP contribution in [-0.4, -0.2) is 17.8 Å². The summed E-state index contributed by atoms with van der Waals surface area (Å²) in [6, 6.07) is 5.69. The molecule has 4 heteroatoms. The van der Waals surface area contributed by atoms with Crippen LogP contribution in [0.4, 0.5) is 0 Å². The van der Waals surface area contributed by atoms with Crippen LogP contribution in [0.3, 0.4) is 0 Å². The van der Waals surface area contributed by atoms with E-state index in [-0.39, 0.29) is 17.2 Å². The number of fused-ring (bicyclic) bond motifs is 1. The zero-order chi connectivity index (χ0) is 13.7. The minimum absolute atomic E-state index is 0.0173. The molecule has 2 aliphatic heterocycles. The molecule has 0 amide bonds. The minimum Gasteiger partial charge on any atom is -0.487 e. The second kappa shape index (κ2) is 4.37. The fourth-order valence-corrected chi connectivity index (χ4v) is 3.56. The highest BCUT2D eigenvalue weighted by atomic mass is 35.5. The SMILES string of the molecule is CC1(C)CC2(CCO1)C[C@H](N)c1cc(Cl)ccc1O2. The van der Waals surface area contributed by atoms with Crippen LogP contribution in [0.1, 0.15) is 44.7 Å². The first-order chi connectivity index (χ1) is 8.89. The van der Waals surface area contributed by atoms with Gasteiger partial charge >= 0.3 is 0 Å². The molecule has 0 radical (unpaired) electrons. The molecule has 2 aliphatic rings. The molecule has 0 aliphatic carbocycles. The van der Waals surface area contributed by atoms with Gasteiger partial charge in [-0.25, -0.2) is 0 Å². The standard InChI is InChI=1S/C15H20ClNO2/c1-14(2)9-15(5-6-18-14)8-12(17)11-7-10(16)3-4-13(11)19-15/h3-4,7,12H,5-6,8-9,17H2,1-2H3/t12-,15?/m0/s1. The van der Waals surface area contributed by atoms with Crippen LogP contribution >= 0.6 is 11.6 Å². The van der Waals surface area contributed by atoms with Gasteiger partial charge in [-0.1, -0.05) is 11.6 Å². The molecule has 1 aromatic carbocycles. The van der Waals surface area contributed by atoms with Gasteiger partial charge in [-0.3, -0.25) is 0 Å². The second-order valence-electron chi connectivity index (χ2n) is 6.31. The summed E-state index contributed by atoms with van der Waals surface area (Å²) in [6.45, 7) is 4.95. The van der Waals surface area contributed by atoms with Crippen molar-refractivity contribution in [2.24, 2.45) is 5.73 Å². The highest BCUT2D eigenvalue weighted by molar-refractivity contribution is 6.30. The Balaban J connectivity index is 1.94. The number of hydrogen-bond donors (Lipinski definition) is 1. The fraction of sp³-hybridized carbons (Fsp3) is 0.600. The van der Waals surface area contributed by atoms with E-state index in [1.165, 1.54) is 0 Å². The summed E-state index contributed by atoms with van der Waals surface area (Å²) in [6.07, 6.45) is 2.59. The molecule has 3 nitrogen and oxygen atoms in total. The average molecular weight is 282 g/mol. The summed E-state index contributed by atoms with van der Waals surface area (Å²) in [4.78, 5) is 0. The number of nitrogens with two attached hydrogens (primary N) is 1. The van der Waals surface area contributed by atoms with Gasteiger partial charge in [0, 0.05) is 35.9 Å². The maximum absolute atomic E-state index is 6.33. The predicted molar refractivity (Wildman–Crippen MR) is 75.6 cm³/mol. The molecule has 0 bridgehead atoms. The van der Waals surface area contributed by atoms with Crippen molar-refractivity contribution in [3.05, 3.63) is 28.8 Å². The molecule has 104 valence electrons. The first-order valence-corrected chi connectivity index (χ1v) is 7.15. The molecule has 1 saturated heterocycles. The molecule has 1 fully saturated rings. The normalized spacial score (nSPS) is 32.7. The van der Waals surface area contributed by atoms with E-state index in [2.05, 4.69) is 13.8 Å². The van der Waals surface area contributed by atoms with E-state index in [1.807, 2.05) is 18.2 Å². The van der Waals surface area contributed by atoms with Crippen LogP contribution in [-0.2, 0) is 4.74 Å². The monoisotopic (exact) mass is 281 g/mol. The highest BCUT2D eigenvalue weighted by Crippen LogP contribution is 2.46. The van der Waals surface area contributed by atoms with Gasteiger partial charge in [-0.05, 0) is 32.0 Å². The second-order valence-corrected chi connectivity index (χ2v) is 6.75. The van der Waals surface area contributed by atoms with Gasteiger partial charge in [0.2, 0.25) is 0 Å². The highest BCUT2D eigenvalue weighted by Gasteiger charge is 2.46. The van der Waals surface area contributed by atoms with Gasteiger partial charge in [0.15, 0.2) is 0 Å². The maximum Gasteiger partial charge on any atom is 0.125 e. The Hall–Kier alpha value is -0.770. The fourth-order valence-electron chi connectivity index (χ4n) is 3.38. The zero-order valence-corrected chi connectivity index (χ0v) is 12.2. The van der Waals surface area contributed by atoms with Crippen molar-refractivity contribution >= 4 is 11.6 Å². The first kappa shape index (κ1) is 13.2. The quantitative estimate of drug-likeness (QED) is 0.792. The Morgan fingerprint density at radius 2 is 2.16 bits per heavy atom. The van der Waals surface area contributed by atoms with Crippen molar-refractivity contribution in [3.63, 3.8) is 0 Å². The van der Waals surface area contributed by atoms with Crippen molar-refractivity contribution in [2.45, 2.75) is 50.4 Å². The third-order valence-electron chi connectivity index (χ3n) is 4.09. The molecular formula is C15H20ClNO2. The summed E-state index contributed by atoms with van der Waals surface area (Å²) in [5.74, 6) is 0.876. The van der Waals surface area contributed by atoms with Crippen LogP contribution in [0.5, 0.6) is 5.75 Å². The summed E-state index contributed by atoms with van der Waals surface area (Å²) < 4.78 is 12.1. The van der Waals surface area contributed by atoms with Gasteiger partial charge in [-0.2, -0.15) is 0 Å². The molecule has 0 aromatic heterocycles. The molecule has 1 aromatic rings. The van der Waals surface area contributed by atoms with Crippen molar-refractivity contribution in [3.8, 4) is 5.75 Å². The molecule has 3 rings (SSSR count). The van der Waals surface area contributed by atoms with E-state index in [0.29, 0.717) is 5.02 Å². The van der Waals surface area contributed by atoms with Crippen LogP contribution in [0.25, 0.3) is 0 Å². The number of ether oxygens (including phenoxy) is 2. The lowest BCUT2D eigenvalue weighted by Gasteiger charge is -2.48. The van der Waals surface area contributed by atoms with E-state index in [4.69, 9.17) is 26.8 Å². The molecule has 0 saturated carbocycles. The number of benzene rings is 1. The maximum atomic E-state index is 6.33. The predicted octanol–water partition coefficient (Wildman–Crippen LogP) is 3.45. The summed E-state index contributed by atoms with van der Waals surface area (Å²) in [5, 5.41) is 0.709. The van der Waals surface area contributed by atoms with Gasteiger partial charge in [0.05, 0.1) is 12.2 Å². The van der Waals surface area contributed by atoms with Crippen molar-refractivity contribution in [1.29, 1.82) is 0 Å². The minimum atomic E-state index is -0.192. The molecule has 1 spiro atoms. The third kappa shape index (κ3) is 2.47. The van der Waals surface area contributed by atoms with Crippen LogP contribution < -0.4 is 10.5 Å². The zero-order valence-electron chi connectivity index (χ0n) is 11.4. The summed E-state index contributed by atoms with van der Waals surface area (Å²) in [7, 11) is 0. The van der Waals surface area contributed by atoms with E-state index >= 15 is 0 Å². The van der Waals surface area contributed by atoms with Crippen LogP contribution in [0.2, 0.25) is 5.02 Å². The number of hydrogen-bond acceptors (Lipinski definition) is 3. The molecule has 2 heterocycles. The van der Waals surface area contributed by atoms with Crippen LogP contribution in [0, 0.1) is 0 Å². The lowest BCUT2D eigenvalue weighted by Crippen LogP contribution is -2.52. The molecule has 2 N–H and O–H groups in total. The molecule has 2 atom stereocenters. The van der Waals surface area contributed by atoms with E-state index in [0.717, 1.165) is 37.2 Å². The Morgan fingerprint density at radius 3 is 2.89 bits per heavy atom. The molecule has 19 heavy (non-hydrogen) atoms. The van der Waals surface area contributed by atoms with Crippen LogP contribution in [0.15, 0.2) is 18.2 Å². The van der Waals surface area contributed by atoms with Crippen molar-refractivity contribution in [1.82, 2.24) is 0 Å². The van der Waals surface area contributed by atoms with Gasteiger partial charge in [0.1, 0.15) is 11.4 Å². The first-order valence-electron chi connectivity index (χ1n) is 6.77. The van der Waals surface area contributed by atoms with Gasteiger partial charge in [-0.15, -0.1) is 0 Å². The number of rotatable bonds is 0. The smallest absolute Gasteiger partial charge is 0.125 e. The molecule has 1 unspecified atom stereocenters. The van der Waals surface area contributed by atoms with Gasteiger partial charge in [0.25, 0.3) is 0 Å². The lowest BCUT2D eigenvalue weighted by molar-refractivity contribution is -0.141. The van der Waals surface area contributed by atoms with Gasteiger partial charge < -0.3 is 15.2 Å². The average Bonchev–Trinajstić information content (AvgIpc) is 2.29. The largest absolute Gasteiger partial charge is 0.487 e.